The van der Waals surface area contributed by atoms with Gasteiger partial charge in [0, 0.05) is 22.3 Å². The Kier molecular flexibility index (Phi) is 4.59. The van der Waals surface area contributed by atoms with Gasteiger partial charge in [0.2, 0.25) is 0 Å². The summed E-state index contributed by atoms with van der Waals surface area (Å²) in [6, 6.07) is 9.08. The van der Waals surface area contributed by atoms with E-state index in [-0.39, 0.29) is 19.1 Å². The molecule has 0 fully saturated rings. The lowest BCUT2D eigenvalue weighted by atomic mass is 9.89. The molecule has 1 unspecified atom stereocenters. The Morgan fingerprint density at radius 3 is 2.76 bits per heavy atom. The maximum absolute atomic E-state index is 12.9. The maximum Gasteiger partial charge on any atom is 0.333 e. The molecule has 1 aliphatic heterocycles. The second-order valence-corrected chi connectivity index (χ2v) is 6.24. The average Bonchev–Trinajstić information content (AvgIpc) is 2.85. The van der Waals surface area contributed by atoms with Gasteiger partial charge in [0.1, 0.15) is 6.61 Å². The standard InChI is InChI=1S/C20H21NO4/c1-14(2)19(23)25-13-12-21-18(22)16-10-6-7-11-17(16)20(21,24)15-8-4-3-5-9-15/h3-5,7-9,11,24H,1,6,10,12-13H2,2H3. The van der Waals surface area contributed by atoms with Crippen molar-refractivity contribution >= 4 is 11.9 Å². The van der Waals surface area contributed by atoms with Crippen LogP contribution in [0.1, 0.15) is 25.3 Å². The smallest absolute Gasteiger partial charge is 0.333 e. The number of amides is 1. The second-order valence-electron chi connectivity index (χ2n) is 6.24. The number of aliphatic hydroxyl groups is 1. The van der Waals surface area contributed by atoms with E-state index < -0.39 is 11.7 Å². The van der Waals surface area contributed by atoms with Crippen LogP contribution in [0.3, 0.4) is 0 Å². The summed E-state index contributed by atoms with van der Waals surface area (Å²) in [4.78, 5) is 25.8. The highest BCUT2D eigenvalue weighted by Gasteiger charge is 2.50. The van der Waals surface area contributed by atoms with Gasteiger partial charge >= 0.3 is 5.97 Å². The summed E-state index contributed by atoms with van der Waals surface area (Å²) in [5, 5.41) is 11.5. The van der Waals surface area contributed by atoms with Gasteiger partial charge in [0.05, 0.1) is 6.54 Å². The first-order valence-electron chi connectivity index (χ1n) is 8.29. The molecule has 0 saturated heterocycles. The monoisotopic (exact) mass is 339 g/mol. The SMILES string of the molecule is C=C(C)C(=O)OCCN1C(=O)C2=C(C=CCC2)C1(O)c1ccccc1. The molecule has 0 spiro atoms. The van der Waals surface area contributed by atoms with Crippen molar-refractivity contribution < 1.29 is 19.4 Å². The van der Waals surface area contributed by atoms with Crippen LogP contribution in [0.25, 0.3) is 0 Å². The number of ether oxygens (including phenoxy) is 1. The highest BCUT2D eigenvalue weighted by atomic mass is 16.5. The summed E-state index contributed by atoms with van der Waals surface area (Å²) in [7, 11) is 0. The van der Waals surface area contributed by atoms with Crippen LogP contribution in [-0.2, 0) is 20.1 Å². The molecule has 0 saturated carbocycles. The van der Waals surface area contributed by atoms with Crippen molar-refractivity contribution in [2.24, 2.45) is 0 Å². The van der Waals surface area contributed by atoms with Gasteiger partial charge in [0.15, 0.2) is 5.72 Å². The van der Waals surface area contributed by atoms with Crippen molar-refractivity contribution in [3.05, 3.63) is 71.3 Å². The zero-order valence-electron chi connectivity index (χ0n) is 14.2. The fraction of sp³-hybridized carbons (Fsp3) is 0.300. The van der Waals surface area contributed by atoms with Gasteiger partial charge in [-0.2, -0.15) is 0 Å². The summed E-state index contributed by atoms with van der Waals surface area (Å²) in [6.07, 6.45) is 5.16. The predicted molar refractivity (Wildman–Crippen MR) is 93.2 cm³/mol. The third-order valence-corrected chi connectivity index (χ3v) is 4.51. The molecule has 130 valence electrons. The lowest BCUT2D eigenvalue weighted by Crippen LogP contribution is -2.47. The van der Waals surface area contributed by atoms with Crippen LogP contribution in [-0.4, -0.2) is 35.0 Å². The van der Waals surface area contributed by atoms with Crippen LogP contribution < -0.4 is 0 Å². The Hall–Kier alpha value is -2.66. The van der Waals surface area contributed by atoms with E-state index >= 15 is 0 Å². The van der Waals surface area contributed by atoms with E-state index in [9.17, 15) is 14.7 Å². The number of benzene rings is 1. The molecule has 1 amide bonds. The molecule has 25 heavy (non-hydrogen) atoms. The van der Waals surface area contributed by atoms with Crippen LogP contribution in [0.2, 0.25) is 0 Å². The first-order valence-corrected chi connectivity index (χ1v) is 8.29. The maximum atomic E-state index is 12.9. The number of carbonyl (C=O) groups excluding carboxylic acids is 2. The number of allylic oxidation sites excluding steroid dienone is 1. The minimum absolute atomic E-state index is 0.00312. The number of esters is 1. The van der Waals surface area contributed by atoms with Gasteiger partial charge in [-0.05, 0) is 19.8 Å². The molecule has 1 atom stereocenters. The number of carbonyl (C=O) groups is 2. The van der Waals surface area contributed by atoms with Gasteiger partial charge in [-0.15, -0.1) is 0 Å². The topological polar surface area (TPSA) is 66.8 Å². The largest absolute Gasteiger partial charge is 0.460 e. The van der Waals surface area contributed by atoms with Crippen molar-refractivity contribution in [3.8, 4) is 0 Å². The van der Waals surface area contributed by atoms with E-state index in [4.69, 9.17) is 4.74 Å². The summed E-state index contributed by atoms with van der Waals surface area (Å²) in [6.45, 7) is 5.20. The normalized spacial score (nSPS) is 22.2. The van der Waals surface area contributed by atoms with Gasteiger partial charge in [-0.25, -0.2) is 4.79 Å². The van der Waals surface area contributed by atoms with E-state index in [1.807, 2.05) is 30.4 Å². The Morgan fingerprint density at radius 1 is 1.36 bits per heavy atom. The van der Waals surface area contributed by atoms with E-state index in [1.165, 1.54) is 4.90 Å². The lowest BCUT2D eigenvalue weighted by molar-refractivity contribution is -0.151. The zero-order chi connectivity index (χ0) is 18.0. The second kappa shape index (κ2) is 6.69. The molecule has 0 aromatic heterocycles. The van der Waals surface area contributed by atoms with E-state index in [0.29, 0.717) is 28.7 Å². The number of nitrogens with zero attached hydrogens (tertiary/aromatic N) is 1. The third kappa shape index (κ3) is 2.91. The highest BCUT2D eigenvalue weighted by Crippen LogP contribution is 2.45. The molecule has 2 aliphatic rings. The molecule has 1 N–H and O–H groups in total. The molecule has 0 bridgehead atoms. The van der Waals surface area contributed by atoms with Crippen LogP contribution in [0.5, 0.6) is 0 Å². The molecule has 1 heterocycles. The Bertz CT molecular complexity index is 778. The van der Waals surface area contributed by atoms with Crippen LogP contribution in [0, 0.1) is 0 Å². The van der Waals surface area contributed by atoms with Gasteiger partial charge < -0.3 is 9.84 Å². The van der Waals surface area contributed by atoms with Crippen LogP contribution in [0.15, 0.2) is 65.8 Å². The van der Waals surface area contributed by atoms with Gasteiger partial charge in [0.25, 0.3) is 5.91 Å². The number of rotatable bonds is 5. The predicted octanol–water partition coefficient (Wildman–Crippen LogP) is 2.44. The number of hydrogen-bond donors (Lipinski definition) is 1. The molecule has 1 aliphatic carbocycles. The van der Waals surface area contributed by atoms with Gasteiger partial charge in [-0.3, -0.25) is 9.69 Å². The highest BCUT2D eigenvalue weighted by molar-refractivity contribution is 5.99. The minimum Gasteiger partial charge on any atom is -0.460 e. The van der Waals surface area contributed by atoms with Crippen molar-refractivity contribution in [1.82, 2.24) is 4.90 Å². The van der Waals surface area contributed by atoms with Crippen molar-refractivity contribution in [1.29, 1.82) is 0 Å². The summed E-state index contributed by atoms with van der Waals surface area (Å²) < 4.78 is 5.12. The van der Waals surface area contributed by atoms with Crippen molar-refractivity contribution in [3.63, 3.8) is 0 Å². The van der Waals surface area contributed by atoms with Crippen LogP contribution in [0.4, 0.5) is 0 Å². The quantitative estimate of drug-likeness (QED) is 0.661. The molecule has 5 nitrogen and oxygen atoms in total. The Labute approximate surface area is 146 Å². The minimum atomic E-state index is -1.54. The van der Waals surface area contributed by atoms with Crippen molar-refractivity contribution in [2.45, 2.75) is 25.5 Å². The first-order chi connectivity index (χ1) is 12.0. The van der Waals surface area contributed by atoms with Gasteiger partial charge in [-0.1, -0.05) is 49.1 Å². The molecule has 3 rings (SSSR count). The average molecular weight is 339 g/mol. The third-order valence-electron chi connectivity index (χ3n) is 4.51. The fourth-order valence-electron chi connectivity index (χ4n) is 3.27. The molecule has 5 heteroatoms. The van der Waals surface area contributed by atoms with E-state index in [1.54, 1.807) is 19.1 Å². The van der Waals surface area contributed by atoms with Crippen LogP contribution >= 0.6 is 0 Å². The van der Waals surface area contributed by atoms with E-state index in [0.717, 1.165) is 6.42 Å². The Balaban J connectivity index is 1.91. The van der Waals surface area contributed by atoms with Crippen molar-refractivity contribution in [2.75, 3.05) is 13.2 Å². The molecular formula is C20H21NO4. The lowest BCUT2D eigenvalue weighted by Gasteiger charge is -2.36. The first kappa shape index (κ1) is 17.2. The zero-order valence-corrected chi connectivity index (χ0v) is 14.2. The summed E-state index contributed by atoms with van der Waals surface area (Å²) >= 11 is 0. The fourth-order valence-corrected chi connectivity index (χ4v) is 3.27. The molecular weight excluding hydrogens is 318 g/mol. The Morgan fingerprint density at radius 2 is 2.08 bits per heavy atom. The number of hydrogen-bond acceptors (Lipinski definition) is 4. The summed E-state index contributed by atoms with van der Waals surface area (Å²) in [5.41, 5.74) is 0.610. The molecule has 1 aromatic rings. The molecule has 0 radical (unpaired) electrons. The van der Waals surface area contributed by atoms with E-state index in [2.05, 4.69) is 6.58 Å². The summed E-state index contributed by atoms with van der Waals surface area (Å²) in [5.74, 6) is -0.718. The molecule has 1 aromatic carbocycles.